The summed E-state index contributed by atoms with van der Waals surface area (Å²) in [5, 5.41) is 9.19. The van der Waals surface area contributed by atoms with E-state index < -0.39 is 11.7 Å². The number of amidine groups is 1. The van der Waals surface area contributed by atoms with Crippen LogP contribution in [0.5, 0.6) is 0 Å². The van der Waals surface area contributed by atoms with Crippen LogP contribution >= 0.6 is 0 Å². The minimum Gasteiger partial charge on any atom is -0.352 e. The van der Waals surface area contributed by atoms with Gasteiger partial charge in [-0.15, -0.1) is 0 Å². The highest BCUT2D eigenvalue weighted by atomic mass is 19.4. The number of hydrogen-bond donors (Lipinski definition) is 3. The largest absolute Gasteiger partial charge is 0.416 e. The number of carbonyl (C=O) groups is 1. The zero-order valence-corrected chi connectivity index (χ0v) is 20.1. The lowest BCUT2D eigenvalue weighted by Gasteiger charge is -2.37. The van der Waals surface area contributed by atoms with Crippen molar-refractivity contribution in [3.8, 4) is 0 Å². The lowest BCUT2D eigenvalue weighted by atomic mass is 9.95. The van der Waals surface area contributed by atoms with E-state index in [4.69, 9.17) is 0 Å². The molecule has 0 bridgehead atoms. The Bertz CT molecular complexity index is 1210. The van der Waals surface area contributed by atoms with Gasteiger partial charge in [0.25, 0.3) is 0 Å². The van der Waals surface area contributed by atoms with Gasteiger partial charge in [-0.2, -0.15) is 18.3 Å². The van der Waals surface area contributed by atoms with Crippen molar-refractivity contribution >= 4 is 11.7 Å². The molecule has 36 heavy (non-hydrogen) atoms. The summed E-state index contributed by atoms with van der Waals surface area (Å²) in [5.41, 5.74) is 9.87. The van der Waals surface area contributed by atoms with Gasteiger partial charge < -0.3 is 15.2 Å². The predicted molar refractivity (Wildman–Crippen MR) is 130 cm³/mol. The number of nitrogens with one attached hydrogen (secondary N) is 3. The van der Waals surface area contributed by atoms with Gasteiger partial charge in [-0.1, -0.05) is 42.0 Å². The zero-order valence-electron chi connectivity index (χ0n) is 20.1. The minimum atomic E-state index is -4.46. The van der Waals surface area contributed by atoms with Gasteiger partial charge in [0.05, 0.1) is 17.6 Å². The molecule has 3 atom stereocenters. The molecule has 2 aromatic carbocycles. The lowest BCUT2D eigenvalue weighted by molar-refractivity contribution is -0.138. The van der Waals surface area contributed by atoms with E-state index in [1.54, 1.807) is 0 Å². The van der Waals surface area contributed by atoms with E-state index in [9.17, 15) is 18.0 Å². The van der Waals surface area contributed by atoms with Crippen molar-refractivity contribution in [3.05, 3.63) is 82.7 Å². The summed E-state index contributed by atoms with van der Waals surface area (Å²) < 4.78 is 39.5. The molecule has 0 aromatic heterocycles. The minimum absolute atomic E-state index is 0.0458. The van der Waals surface area contributed by atoms with E-state index >= 15 is 0 Å². The Morgan fingerprint density at radius 1 is 1.17 bits per heavy atom. The normalized spacial score (nSPS) is 22.7. The zero-order chi connectivity index (χ0) is 25.4. The number of hydrazine groups is 1. The van der Waals surface area contributed by atoms with Crippen LogP contribution in [0.2, 0.25) is 0 Å². The van der Waals surface area contributed by atoms with E-state index in [0.717, 1.165) is 18.3 Å². The highest BCUT2D eigenvalue weighted by molar-refractivity contribution is 5.89. The average Bonchev–Trinajstić information content (AvgIpc) is 3.46. The molecule has 1 fully saturated rings. The first-order valence-electron chi connectivity index (χ1n) is 12.0. The Hall–Kier alpha value is -3.53. The molecule has 3 aliphatic rings. The molecule has 3 heterocycles. The number of carbonyl (C=O) groups excluding carboxylic acids is 1. The standard InChI is InChI=1S/C26H29F3N6O/c1-16-7-8-17(2)19(13-16)21-14-22-25-32-31-23(34(25)11-12-35(22)33-21)9-10-24(36)30-15-18-5-3-4-6-20(18)26(27,28)29/h3-8,11-13,21-22,25,32-33H,9-10,14-15H2,1-2H3,(H,30,36). The van der Waals surface area contributed by atoms with E-state index in [0.29, 0.717) is 6.42 Å². The van der Waals surface area contributed by atoms with Crippen molar-refractivity contribution in [2.24, 2.45) is 5.10 Å². The third-order valence-corrected chi connectivity index (χ3v) is 7.00. The fourth-order valence-corrected chi connectivity index (χ4v) is 5.11. The molecule has 0 saturated carbocycles. The number of amides is 1. The molecule has 10 heteroatoms. The van der Waals surface area contributed by atoms with E-state index in [1.165, 1.54) is 34.9 Å². The summed E-state index contributed by atoms with van der Waals surface area (Å²) in [6.07, 6.45) is 0.810. The summed E-state index contributed by atoms with van der Waals surface area (Å²) in [6, 6.07) is 12.1. The van der Waals surface area contributed by atoms with Crippen molar-refractivity contribution in [2.45, 2.75) is 64.1 Å². The van der Waals surface area contributed by atoms with Gasteiger partial charge in [0.2, 0.25) is 5.91 Å². The van der Waals surface area contributed by atoms with E-state index in [2.05, 4.69) is 58.3 Å². The van der Waals surface area contributed by atoms with Crippen molar-refractivity contribution in [1.29, 1.82) is 0 Å². The van der Waals surface area contributed by atoms with E-state index in [1.807, 2.05) is 17.3 Å². The van der Waals surface area contributed by atoms with Crippen LogP contribution in [0.15, 0.2) is 60.0 Å². The monoisotopic (exact) mass is 498 g/mol. The molecular weight excluding hydrogens is 469 g/mol. The topological polar surface area (TPSA) is 72.0 Å². The first-order chi connectivity index (χ1) is 17.2. The number of aryl methyl sites for hydroxylation is 2. The van der Waals surface area contributed by atoms with Crippen molar-refractivity contribution in [3.63, 3.8) is 0 Å². The smallest absolute Gasteiger partial charge is 0.352 e. The van der Waals surface area contributed by atoms with Gasteiger partial charge in [0.1, 0.15) is 12.0 Å². The van der Waals surface area contributed by atoms with Gasteiger partial charge in [-0.3, -0.25) is 10.2 Å². The van der Waals surface area contributed by atoms with Crippen LogP contribution in [0, 0.1) is 13.8 Å². The molecule has 3 aliphatic heterocycles. The number of alkyl halides is 3. The molecule has 190 valence electrons. The predicted octanol–water partition coefficient (Wildman–Crippen LogP) is 4.07. The quantitative estimate of drug-likeness (QED) is 0.560. The van der Waals surface area contributed by atoms with Crippen LogP contribution in [-0.2, 0) is 17.5 Å². The molecule has 7 nitrogen and oxygen atoms in total. The number of hydrogen-bond acceptors (Lipinski definition) is 6. The van der Waals surface area contributed by atoms with Gasteiger partial charge in [0.15, 0.2) is 0 Å². The number of nitrogens with zero attached hydrogens (tertiary/aromatic N) is 3. The number of halogens is 3. The number of fused-ring (bicyclic) bond motifs is 3. The average molecular weight is 499 g/mol. The Labute approximate surface area is 208 Å². The fraction of sp³-hybridized carbons (Fsp3) is 0.385. The second-order valence-electron chi connectivity index (χ2n) is 9.49. The van der Waals surface area contributed by atoms with Crippen LogP contribution in [0.25, 0.3) is 0 Å². The lowest BCUT2D eigenvalue weighted by Crippen LogP contribution is -2.54. The molecule has 5 rings (SSSR count). The number of rotatable bonds is 6. The molecule has 1 amide bonds. The first kappa shape index (κ1) is 24.2. The van der Waals surface area contributed by atoms with E-state index in [-0.39, 0.29) is 42.7 Å². The second-order valence-corrected chi connectivity index (χ2v) is 9.49. The number of hydrazone groups is 1. The fourth-order valence-electron chi connectivity index (χ4n) is 5.11. The summed E-state index contributed by atoms with van der Waals surface area (Å²) in [7, 11) is 0. The first-order valence-corrected chi connectivity index (χ1v) is 12.0. The molecule has 0 spiro atoms. The molecule has 1 saturated heterocycles. The highest BCUT2D eigenvalue weighted by Gasteiger charge is 2.44. The highest BCUT2D eigenvalue weighted by Crippen LogP contribution is 2.36. The van der Waals surface area contributed by atoms with Gasteiger partial charge in [-0.25, -0.2) is 5.43 Å². The molecule has 3 unspecified atom stereocenters. The Kier molecular flexibility index (Phi) is 6.38. The summed E-state index contributed by atoms with van der Waals surface area (Å²) in [6.45, 7) is 4.04. The summed E-state index contributed by atoms with van der Waals surface area (Å²) >= 11 is 0. The van der Waals surface area contributed by atoms with Crippen LogP contribution in [-0.4, -0.2) is 33.9 Å². The van der Waals surface area contributed by atoms with Crippen LogP contribution in [0.1, 0.15) is 53.1 Å². The van der Waals surface area contributed by atoms with Crippen LogP contribution in [0.3, 0.4) is 0 Å². The third kappa shape index (κ3) is 4.77. The summed E-state index contributed by atoms with van der Waals surface area (Å²) in [5.74, 6) is 0.412. The van der Waals surface area contributed by atoms with Gasteiger partial charge in [-0.05, 0) is 43.0 Å². The summed E-state index contributed by atoms with van der Waals surface area (Å²) in [4.78, 5) is 14.5. The Morgan fingerprint density at radius 2 is 1.97 bits per heavy atom. The molecular formula is C26H29F3N6O. The van der Waals surface area contributed by atoms with Crippen LogP contribution in [0.4, 0.5) is 13.2 Å². The molecule has 2 aromatic rings. The Morgan fingerprint density at radius 3 is 2.78 bits per heavy atom. The SMILES string of the molecule is Cc1ccc(C)c(C2CC3C4NN=C(CCC(=O)NCc5ccccc5C(F)(F)F)N4C=CN3N2)c1. The maximum atomic E-state index is 13.2. The van der Waals surface area contributed by atoms with Crippen molar-refractivity contribution < 1.29 is 18.0 Å². The number of benzene rings is 2. The van der Waals surface area contributed by atoms with Gasteiger partial charge >= 0.3 is 6.18 Å². The van der Waals surface area contributed by atoms with Crippen LogP contribution < -0.4 is 16.2 Å². The molecule has 0 radical (unpaired) electrons. The Balaban J connectivity index is 1.16. The second kappa shape index (κ2) is 9.50. The molecule has 0 aliphatic carbocycles. The van der Waals surface area contributed by atoms with Gasteiger partial charge in [0, 0.05) is 31.8 Å². The maximum Gasteiger partial charge on any atom is 0.416 e. The van der Waals surface area contributed by atoms with Crippen molar-refractivity contribution in [1.82, 2.24) is 26.1 Å². The molecule has 3 N–H and O–H groups in total. The maximum absolute atomic E-state index is 13.2. The van der Waals surface area contributed by atoms with Crippen molar-refractivity contribution in [2.75, 3.05) is 0 Å². The third-order valence-electron chi connectivity index (χ3n) is 7.00.